The van der Waals surface area contributed by atoms with Crippen LogP contribution in [0.2, 0.25) is 0 Å². The predicted molar refractivity (Wildman–Crippen MR) is 135 cm³/mol. The molecule has 0 N–H and O–H groups in total. The monoisotopic (exact) mass is 511 g/mol. The average molecular weight is 512 g/mol. The van der Waals surface area contributed by atoms with Gasteiger partial charge in [-0.2, -0.15) is 13.2 Å². The molecule has 3 aromatic carbocycles. The number of carbonyl (C=O) groups is 1. The smallest absolute Gasteiger partial charge is 0.369 e. The number of hydrogen-bond acceptors (Lipinski definition) is 3. The Kier molecular flexibility index (Phi) is 7.20. The first kappa shape index (κ1) is 25.3. The summed E-state index contributed by atoms with van der Waals surface area (Å²) < 4.78 is 53.7. The molecule has 2 fully saturated rings. The Morgan fingerprint density at radius 1 is 0.838 bits per heavy atom. The van der Waals surface area contributed by atoms with E-state index in [2.05, 4.69) is 21.9 Å². The van der Waals surface area contributed by atoms with Crippen molar-refractivity contribution in [3.8, 4) is 0 Å². The largest absolute Gasteiger partial charge is 0.416 e. The number of anilines is 1. The summed E-state index contributed by atoms with van der Waals surface area (Å²) in [5.74, 6) is -0.822. The first-order valence-electron chi connectivity index (χ1n) is 12.5. The van der Waals surface area contributed by atoms with Gasteiger partial charge in [0.1, 0.15) is 5.82 Å². The van der Waals surface area contributed by atoms with Gasteiger partial charge in [0.05, 0.1) is 5.56 Å². The summed E-state index contributed by atoms with van der Waals surface area (Å²) in [5.41, 5.74) is 1.18. The average Bonchev–Trinajstić information content (AvgIpc) is 3.32. The molecular weight excluding hydrogens is 482 g/mol. The van der Waals surface area contributed by atoms with Crippen molar-refractivity contribution in [2.24, 2.45) is 5.92 Å². The van der Waals surface area contributed by atoms with Gasteiger partial charge in [0.25, 0.3) is 5.91 Å². The van der Waals surface area contributed by atoms with E-state index in [4.69, 9.17) is 0 Å². The van der Waals surface area contributed by atoms with Crippen LogP contribution >= 0.6 is 0 Å². The molecule has 2 heterocycles. The number of carbonyl (C=O) groups excluding carboxylic acids is 1. The Hall–Kier alpha value is -3.39. The highest BCUT2D eigenvalue weighted by atomic mass is 19.4. The highest BCUT2D eigenvalue weighted by Gasteiger charge is 2.38. The van der Waals surface area contributed by atoms with Crippen LogP contribution in [0.25, 0.3) is 0 Å². The lowest BCUT2D eigenvalue weighted by molar-refractivity contribution is -0.137. The molecule has 0 bridgehead atoms. The maximum absolute atomic E-state index is 14.1. The van der Waals surface area contributed by atoms with E-state index < -0.39 is 17.6 Å². The molecule has 1 amide bonds. The molecule has 3 aromatic rings. The van der Waals surface area contributed by atoms with Crippen LogP contribution in [-0.4, -0.2) is 61.5 Å². The second kappa shape index (κ2) is 10.5. The molecule has 0 unspecified atom stereocenters. The van der Waals surface area contributed by atoms with Crippen LogP contribution < -0.4 is 4.90 Å². The van der Waals surface area contributed by atoms with E-state index in [9.17, 15) is 22.4 Å². The molecule has 0 spiro atoms. The molecule has 2 aliphatic rings. The molecular formula is C29H29F4N3O. The van der Waals surface area contributed by atoms with E-state index in [1.807, 2.05) is 24.3 Å². The number of alkyl halides is 3. The van der Waals surface area contributed by atoms with Crippen LogP contribution in [0.3, 0.4) is 0 Å². The third-order valence-corrected chi connectivity index (χ3v) is 7.43. The lowest BCUT2D eigenvalue weighted by Crippen LogP contribution is -2.48. The third kappa shape index (κ3) is 5.80. The Balaban J connectivity index is 1.31. The van der Waals surface area contributed by atoms with E-state index in [0.717, 1.165) is 50.4 Å². The number of nitrogens with zero attached hydrogens (tertiary/aromatic N) is 3. The first-order valence-corrected chi connectivity index (χ1v) is 12.5. The number of amides is 1. The summed E-state index contributed by atoms with van der Waals surface area (Å²) in [5, 5.41) is 0. The van der Waals surface area contributed by atoms with Gasteiger partial charge in [-0.25, -0.2) is 4.39 Å². The Labute approximate surface area is 214 Å². The van der Waals surface area contributed by atoms with Gasteiger partial charge in [0, 0.05) is 63.0 Å². The van der Waals surface area contributed by atoms with Crippen molar-refractivity contribution in [2.45, 2.75) is 12.1 Å². The van der Waals surface area contributed by atoms with Gasteiger partial charge in [-0.1, -0.05) is 36.4 Å². The highest BCUT2D eigenvalue weighted by Crippen LogP contribution is 2.36. The molecule has 8 heteroatoms. The van der Waals surface area contributed by atoms with Gasteiger partial charge in [-0.3, -0.25) is 9.69 Å². The Morgan fingerprint density at radius 2 is 1.57 bits per heavy atom. The summed E-state index contributed by atoms with van der Waals surface area (Å²) in [6, 6.07) is 21.2. The maximum Gasteiger partial charge on any atom is 0.416 e. The lowest BCUT2D eigenvalue weighted by atomic mass is 9.88. The number of piperazine rings is 1. The number of halogens is 4. The van der Waals surface area contributed by atoms with Crippen molar-refractivity contribution in [1.29, 1.82) is 0 Å². The zero-order chi connectivity index (χ0) is 26.0. The van der Waals surface area contributed by atoms with Gasteiger partial charge in [-0.15, -0.1) is 0 Å². The fourth-order valence-corrected chi connectivity index (χ4v) is 5.51. The molecule has 2 atom stereocenters. The minimum absolute atomic E-state index is 0.0185. The molecule has 37 heavy (non-hydrogen) atoms. The van der Waals surface area contributed by atoms with Gasteiger partial charge in [0.2, 0.25) is 0 Å². The topological polar surface area (TPSA) is 26.8 Å². The first-order chi connectivity index (χ1) is 17.8. The zero-order valence-electron chi connectivity index (χ0n) is 20.4. The van der Waals surface area contributed by atoms with Crippen molar-refractivity contribution < 1.29 is 22.4 Å². The molecule has 4 nitrogen and oxygen atoms in total. The number of para-hydroxylation sites is 1. The Morgan fingerprint density at radius 3 is 2.27 bits per heavy atom. The van der Waals surface area contributed by atoms with Crippen molar-refractivity contribution in [2.75, 3.05) is 50.7 Å². The zero-order valence-corrected chi connectivity index (χ0v) is 20.4. The van der Waals surface area contributed by atoms with Crippen molar-refractivity contribution >= 4 is 11.6 Å². The van der Waals surface area contributed by atoms with Crippen molar-refractivity contribution in [1.82, 2.24) is 9.80 Å². The summed E-state index contributed by atoms with van der Waals surface area (Å²) in [7, 11) is 0. The third-order valence-electron chi connectivity index (χ3n) is 7.43. The molecule has 0 aromatic heterocycles. The number of likely N-dealkylation sites (tertiary alicyclic amines) is 1. The lowest BCUT2D eigenvalue weighted by Gasteiger charge is -2.37. The van der Waals surface area contributed by atoms with E-state index in [1.165, 1.54) is 30.0 Å². The molecule has 0 radical (unpaired) electrons. The van der Waals surface area contributed by atoms with Gasteiger partial charge < -0.3 is 9.80 Å². The maximum atomic E-state index is 14.1. The molecule has 194 valence electrons. The molecule has 0 aliphatic carbocycles. The van der Waals surface area contributed by atoms with Crippen molar-refractivity contribution in [3.63, 3.8) is 0 Å². The van der Waals surface area contributed by atoms with Gasteiger partial charge in [-0.05, 0) is 53.9 Å². The second-order valence-electron chi connectivity index (χ2n) is 9.83. The normalized spacial score (nSPS) is 20.9. The standard InChI is InChI=1S/C29H29F4N3O/c30-25-9-5-6-21(17-25)27-20-36(28(37)22-7-4-8-24(16-22)29(31,32)33)19-23(27)18-34-12-14-35(15-13-34)26-10-2-1-3-11-26/h1-11,16-17,23,27H,12-15,18-20H2/t23-,27-/m0/s1. The molecule has 0 saturated carbocycles. The molecule has 5 rings (SSSR count). The van der Waals surface area contributed by atoms with E-state index in [0.29, 0.717) is 13.1 Å². The highest BCUT2D eigenvalue weighted by molar-refractivity contribution is 5.94. The van der Waals surface area contributed by atoms with Crippen LogP contribution in [0.1, 0.15) is 27.4 Å². The minimum atomic E-state index is -4.52. The SMILES string of the molecule is O=C(c1cccc(C(F)(F)F)c1)N1C[C@H](CN2CCN(c3ccccc3)CC2)[C@H](c2cccc(F)c2)C1. The van der Waals surface area contributed by atoms with Crippen LogP contribution in [0.4, 0.5) is 23.2 Å². The fourth-order valence-electron chi connectivity index (χ4n) is 5.51. The van der Waals surface area contributed by atoms with Crippen LogP contribution in [0.5, 0.6) is 0 Å². The minimum Gasteiger partial charge on any atom is -0.369 e. The molecule has 2 saturated heterocycles. The van der Waals surface area contributed by atoms with Crippen LogP contribution in [0, 0.1) is 11.7 Å². The number of benzene rings is 3. The van der Waals surface area contributed by atoms with Gasteiger partial charge in [0.15, 0.2) is 0 Å². The van der Waals surface area contributed by atoms with Gasteiger partial charge >= 0.3 is 6.18 Å². The predicted octanol–water partition coefficient (Wildman–Crippen LogP) is 5.52. The summed E-state index contributed by atoms with van der Waals surface area (Å²) in [6.07, 6.45) is -4.52. The van der Waals surface area contributed by atoms with E-state index in [1.54, 1.807) is 11.0 Å². The Bertz CT molecular complexity index is 1230. The second-order valence-corrected chi connectivity index (χ2v) is 9.83. The van der Waals surface area contributed by atoms with E-state index >= 15 is 0 Å². The summed E-state index contributed by atoms with van der Waals surface area (Å²) >= 11 is 0. The quantitative estimate of drug-likeness (QED) is 0.422. The van der Waals surface area contributed by atoms with E-state index in [-0.39, 0.29) is 23.2 Å². The van der Waals surface area contributed by atoms with Crippen LogP contribution in [0.15, 0.2) is 78.9 Å². The number of rotatable bonds is 5. The molecule has 2 aliphatic heterocycles. The summed E-state index contributed by atoms with van der Waals surface area (Å²) in [4.78, 5) is 19.6. The van der Waals surface area contributed by atoms with Crippen molar-refractivity contribution in [3.05, 3.63) is 101 Å². The summed E-state index contributed by atoms with van der Waals surface area (Å²) in [6.45, 7) is 4.98. The number of hydrogen-bond donors (Lipinski definition) is 0. The van der Waals surface area contributed by atoms with Crippen LogP contribution in [-0.2, 0) is 6.18 Å². The fraction of sp³-hybridized carbons (Fsp3) is 0.345.